The molecule has 1 aliphatic rings. The number of ether oxygens (including phenoxy) is 3. The van der Waals surface area contributed by atoms with E-state index < -0.39 is 0 Å². The summed E-state index contributed by atoms with van der Waals surface area (Å²) in [6.07, 6.45) is 3.20. The van der Waals surface area contributed by atoms with Crippen LogP contribution < -0.4 is 19.5 Å². The van der Waals surface area contributed by atoms with Crippen LogP contribution in [0.4, 0.5) is 5.69 Å². The van der Waals surface area contributed by atoms with Crippen molar-refractivity contribution in [1.82, 2.24) is 0 Å². The van der Waals surface area contributed by atoms with Gasteiger partial charge in [-0.1, -0.05) is 18.2 Å². The van der Waals surface area contributed by atoms with E-state index in [4.69, 9.17) is 14.2 Å². The Labute approximate surface area is 134 Å². The van der Waals surface area contributed by atoms with E-state index in [1.165, 1.54) is 6.08 Å². The molecule has 0 saturated heterocycles. The molecule has 1 heterocycles. The predicted molar refractivity (Wildman–Crippen MR) is 87.8 cm³/mol. The lowest BCUT2D eigenvalue weighted by atomic mass is 10.2. The molecule has 0 spiro atoms. The molecule has 118 valence electrons. The molecule has 0 aromatic heterocycles. The summed E-state index contributed by atoms with van der Waals surface area (Å²) in [5, 5.41) is 2.81. The maximum Gasteiger partial charge on any atom is 0.248 e. The van der Waals surface area contributed by atoms with Crippen molar-refractivity contribution in [1.29, 1.82) is 0 Å². The third kappa shape index (κ3) is 3.63. The first kappa shape index (κ1) is 15.0. The summed E-state index contributed by atoms with van der Waals surface area (Å²) in [5.74, 6) is 1.83. The highest BCUT2D eigenvalue weighted by molar-refractivity contribution is 6.02. The average molecular weight is 311 g/mol. The van der Waals surface area contributed by atoms with Gasteiger partial charge in [0.2, 0.25) is 12.7 Å². The Morgan fingerprint density at radius 3 is 2.91 bits per heavy atom. The van der Waals surface area contributed by atoms with E-state index in [2.05, 4.69) is 5.32 Å². The Hall–Kier alpha value is -2.95. The number of rotatable bonds is 5. The van der Waals surface area contributed by atoms with Crippen molar-refractivity contribution in [3.63, 3.8) is 0 Å². The molecule has 5 heteroatoms. The lowest BCUT2D eigenvalue weighted by Gasteiger charge is -2.09. The molecule has 0 saturated carbocycles. The Balaban J connectivity index is 1.67. The quantitative estimate of drug-likeness (QED) is 0.859. The number of carbonyl (C=O) groups excluding carboxylic acids is 1. The highest BCUT2D eigenvalue weighted by atomic mass is 16.7. The van der Waals surface area contributed by atoms with Crippen molar-refractivity contribution >= 4 is 17.7 Å². The van der Waals surface area contributed by atoms with Crippen molar-refractivity contribution in [3.8, 4) is 17.2 Å². The summed E-state index contributed by atoms with van der Waals surface area (Å²) in [7, 11) is 0. The molecule has 5 nitrogen and oxygen atoms in total. The van der Waals surface area contributed by atoms with Gasteiger partial charge in [0.1, 0.15) is 5.75 Å². The Morgan fingerprint density at radius 2 is 2.04 bits per heavy atom. The molecule has 1 N–H and O–H groups in total. The molecule has 0 bridgehead atoms. The summed E-state index contributed by atoms with van der Waals surface area (Å²) in [5.41, 5.74) is 1.51. The topological polar surface area (TPSA) is 56.8 Å². The molecule has 0 radical (unpaired) electrons. The molecule has 0 atom stereocenters. The second kappa shape index (κ2) is 6.87. The SMILES string of the molecule is CCOc1ccccc1NC(=O)/C=C\c1ccc2c(c1)OCO2. The van der Waals surface area contributed by atoms with Gasteiger partial charge in [0.15, 0.2) is 11.5 Å². The molecular weight excluding hydrogens is 294 g/mol. The third-order valence-electron chi connectivity index (χ3n) is 3.27. The molecule has 0 aliphatic carbocycles. The summed E-state index contributed by atoms with van der Waals surface area (Å²) in [4.78, 5) is 12.1. The van der Waals surface area contributed by atoms with E-state index in [0.717, 1.165) is 11.3 Å². The van der Waals surface area contributed by atoms with E-state index in [0.29, 0.717) is 23.8 Å². The number of fused-ring (bicyclic) bond motifs is 1. The zero-order chi connectivity index (χ0) is 16.1. The lowest BCUT2D eigenvalue weighted by molar-refractivity contribution is -0.111. The van der Waals surface area contributed by atoms with Crippen molar-refractivity contribution in [2.45, 2.75) is 6.92 Å². The van der Waals surface area contributed by atoms with Crippen LogP contribution in [0.15, 0.2) is 48.5 Å². The minimum Gasteiger partial charge on any atom is -0.492 e. The first-order valence-electron chi connectivity index (χ1n) is 7.37. The molecule has 0 unspecified atom stereocenters. The van der Waals surface area contributed by atoms with Crippen LogP contribution in [0.25, 0.3) is 6.08 Å². The number of benzene rings is 2. The fourth-order valence-corrected chi connectivity index (χ4v) is 2.21. The zero-order valence-corrected chi connectivity index (χ0v) is 12.7. The van der Waals surface area contributed by atoms with E-state index in [1.807, 2.05) is 43.3 Å². The van der Waals surface area contributed by atoms with Gasteiger partial charge in [0.05, 0.1) is 12.3 Å². The highest BCUT2D eigenvalue weighted by Crippen LogP contribution is 2.32. The largest absolute Gasteiger partial charge is 0.492 e. The molecule has 3 rings (SSSR count). The molecule has 0 fully saturated rings. The van der Waals surface area contributed by atoms with Crippen LogP contribution in [0.3, 0.4) is 0 Å². The second-order valence-corrected chi connectivity index (χ2v) is 4.86. The number of hydrogen-bond acceptors (Lipinski definition) is 4. The van der Waals surface area contributed by atoms with Gasteiger partial charge in [-0.3, -0.25) is 4.79 Å². The predicted octanol–water partition coefficient (Wildman–Crippen LogP) is 3.47. The van der Waals surface area contributed by atoms with Gasteiger partial charge in [-0.2, -0.15) is 0 Å². The molecule has 1 amide bonds. The Kier molecular flexibility index (Phi) is 4.47. The highest BCUT2D eigenvalue weighted by Gasteiger charge is 2.12. The first-order valence-corrected chi connectivity index (χ1v) is 7.37. The minimum absolute atomic E-state index is 0.227. The van der Waals surface area contributed by atoms with Crippen LogP contribution in [-0.4, -0.2) is 19.3 Å². The lowest BCUT2D eigenvalue weighted by Crippen LogP contribution is -2.09. The molecule has 2 aromatic rings. The van der Waals surface area contributed by atoms with Crippen LogP contribution in [-0.2, 0) is 4.79 Å². The number of amides is 1. The smallest absolute Gasteiger partial charge is 0.248 e. The van der Waals surface area contributed by atoms with Crippen LogP contribution in [0.1, 0.15) is 12.5 Å². The van der Waals surface area contributed by atoms with Gasteiger partial charge in [0, 0.05) is 6.08 Å². The molecule has 1 aliphatic heterocycles. The molecule has 23 heavy (non-hydrogen) atoms. The van der Waals surface area contributed by atoms with Gasteiger partial charge in [-0.15, -0.1) is 0 Å². The van der Waals surface area contributed by atoms with Crippen molar-refractivity contribution in [3.05, 3.63) is 54.1 Å². The zero-order valence-electron chi connectivity index (χ0n) is 12.7. The monoisotopic (exact) mass is 311 g/mol. The van der Waals surface area contributed by atoms with E-state index in [-0.39, 0.29) is 12.7 Å². The third-order valence-corrected chi connectivity index (χ3v) is 3.27. The number of hydrogen-bond donors (Lipinski definition) is 1. The van der Waals surface area contributed by atoms with Gasteiger partial charge in [-0.25, -0.2) is 0 Å². The van der Waals surface area contributed by atoms with E-state index >= 15 is 0 Å². The fourth-order valence-electron chi connectivity index (χ4n) is 2.21. The van der Waals surface area contributed by atoms with Crippen LogP contribution in [0.5, 0.6) is 17.2 Å². The minimum atomic E-state index is -0.227. The Morgan fingerprint density at radius 1 is 1.22 bits per heavy atom. The van der Waals surface area contributed by atoms with Crippen LogP contribution in [0, 0.1) is 0 Å². The summed E-state index contributed by atoms with van der Waals surface area (Å²) in [6.45, 7) is 2.68. The number of nitrogens with one attached hydrogen (secondary N) is 1. The second-order valence-electron chi connectivity index (χ2n) is 4.86. The average Bonchev–Trinajstić information content (AvgIpc) is 3.03. The van der Waals surface area contributed by atoms with Gasteiger partial charge >= 0.3 is 0 Å². The maximum atomic E-state index is 12.1. The molecular formula is C18H17NO4. The normalized spacial score (nSPS) is 12.4. The van der Waals surface area contributed by atoms with Crippen LogP contribution in [0.2, 0.25) is 0 Å². The van der Waals surface area contributed by atoms with Crippen molar-refractivity contribution in [2.75, 3.05) is 18.7 Å². The van der Waals surface area contributed by atoms with Crippen LogP contribution >= 0.6 is 0 Å². The van der Waals surface area contributed by atoms with Crippen molar-refractivity contribution < 1.29 is 19.0 Å². The first-order chi connectivity index (χ1) is 11.3. The molecule has 2 aromatic carbocycles. The standard InChI is InChI=1S/C18H17NO4/c1-2-21-15-6-4-3-5-14(15)19-18(20)10-8-13-7-9-16-17(11-13)23-12-22-16/h3-11H,2,12H2,1H3,(H,19,20)/b10-8-. The van der Waals surface area contributed by atoms with Crippen molar-refractivity contribution in [2.24, 2.45) is 0 Å². The number of anilines is 1. The fraction of sp³-hybridized carbons (Fsp3) is 0.167. The summed E-state index contributed by atoms with van der Waals surface area (Å²) < 4.78 is 16.0. The summed E-state index contributed by atoms with van der Waals surface area (Å²) >= 11 is 0. The van der Waals surface area contributed by atoms with Gasteiger partial charge < -0.3 is 19.5 Å². The summed E-state index contributed by atoms with van der Waals surface area (Å²) in [6, 6.07) is 12.9. The van der Waals surface area contributed by atoms with Gasteiger partial charge in [0.25, 0.3) is 0 Å². The number of carbonyl (C=O) groups is 1. The van der Waals surface area contributed by atoms with E-state index in [1.54, 1.807) is 12.1 Å². The maximum absolute atomic E-state index is 12.1. The number of para-hydroxylation sites is 2. The van der Waals surface area contributed by atoms with Gasteiger partial charge in [-0.05, 0) is 42.8 Å². The van der Waals surface area contributed by atoms with E-state index in [9.17, 15) is 4.79 Å². The Bertz CT molecular complexity index is 740.